The minimum absolute atomic E-state index is 0.0610. The number of aliphatic imine (C=N–C) groups is 1. The highest BCUT2D eigenvalue weighted by Crippen LogP contribution is 2.38. The van der Waals surface area contributed by atoms with E-state index in [1.807, 2.05) is 20.8 Å². The first-order chi connectivity index (χ1) is 7.86. The standard InChI is InChI=1S/C12H20N2O3/c1-4-17-8-5-10(15)9(7-14-11(13)16)12(2,3)6-8/h5,7,9,11,16H,4,6,13H2,1-3H3. The Morgan fingerprint density at radius 2 is 2.41 bits per heavy atom. The molecule has 0 bridgehead atoms. The molecule has 1 aliphatic carbocycles. The first kappa shape index (κ1) is 13.9. The van der Waals surface area contributed by atoms with Gasteiger partial charge in [-0.2, -0.15) is 0 Å². The first-order valence-electron chi connectivity index (χ1n) is 5.71. The normalized spacial score (nSPS) is 25.8. The predicted molar refractivity (Wildman–Crippen MR) is 65.3 cm³/mol. The van der Waals surface area contributed by atoms with Gasteiger partial charge in [0.1, 0.15) is 5.76 Å². The molecular weight excluding hydrogens is 220 g/mol. The quantitative estimate of drug-likeness (QED) is 0.563. The Morgan fingerprint density at radius 1 is 1.76 bits per heavy atom. The van der Waals surface area contributed by atoms with Crippen molar-refractivity contribution >= 4 is 12.0 Å². The Balaban J connectivity index is 2.89. The predicted octanol–water partition coefficient (Wildman–Crippen LogP) is 0.827. The molecule has 0 radical (unpaired) electrons. The average molecular weight is 240 g/mol. The number of ketones is 1. The minimum atomic E-state index is -1.27. The zero-order valence-electron chi connectivity index (χ0n) is 10.5. The van der Waals surface area contributed by atoms with Crippen molar-refractivity contribution in [2.45, 2.75) is 33.5 Å². The number of nitrogens with zero attached hydrogens (tertiary/aromatic N) is 1. The molecule has 1 rings (SSSR count). The van der Waals surface area contributed by atoms with Crippen LogP contribution < -0.4 is 5.73 Å². The summed E-state index contributed by atoms with van der Waals surface area (Å²) >= 11 is 0. The number of carbonyl (C=O) groups excluding carboxylic acids is 1. The van der Waals surface area contributed by atoms with Crippen LogP contribution in [0.2, 0.25) is 0 Å². The van der Waals surface area contributed by atoms with Crippen LogP contribution in [0, 0.1) is 11.3 Å². The van der Waals surface area contributed by atoms with Gasteiger partial charge in [-0.15, -0.1) is 0 Å². The Bertz CT molecular complexity index is 346. The van der Waals surface area contributed by atoms with Crippen molar-refractivity contribution in [2.24, 2.45) is 22.1 Å². The summed E-state index contributed by atoms with van der Waals surface area (Å²) in [5.74, 6) is 0.277. The van der Waals surface area contributed by atoms with Crippen LogP contribution in [0.1, 0.15) is 27.2 Å². The zero-order chi connectivity index (χ0) is 13.1. The lowest BCUT2D eigenvalue weighted by atomic mass is 9.71. The van der Waals surface area contributed by atoms with Gasteiger partial charge in [0.2, 0.25) is 0 Å². The molecule has 2 atom stereocenters. The molecule has 0 aromatic rings. The lowest BCUT2D eigenvalue weighted by Crippen LogP contribution is -2.36. The maximum absolute atomic E-state index is 11.9. The molecule has 0 saturated carbocycles. The molecule has 5 heteroatoms. The fourth-order valence-corrected chi connectivity index (χ4v) is 1.97. The lowest BCUT2D eigenvalue weighted by Gasteiger charge is -2.34. The number of carbonyl (C=O) groups is 1. The van der Waals surface area contributed by atoms with Crippen molar-refractivity contribution in [1.82, 2.24) is 0 Å². The van der Waals surface area contributed by atoms with Gasteiger partial charge in [-0.1, -0.05) is 13.8 Å². The fourth-order valence-electron chi connectivity index (χ4n) is 1.97. The van der Waals surface area contributed by atoms with Crippen molar-refractivity contribution in [3.8, 4) is 0 Å². The third-order valence-corrected chi connectivity index (χ3v) is 2.80. The van der Waals surface area contributed by atoms with E-state index in [1.165, 1.54) is 12.3 Å². The van der Waals surface area contributed by atoms with Crippen molar-refractivity contribution in [2.75, 3.05) is 6.61 Å². The van der Waals surface area contributed by atoms with Gasteiger partial charge in [-0.05, 0) is 12.3 Å². The number of hydrogen-bond donors (Lipinski definition) is 2. The van der Waals surface area contributed by atoms with E-state index in [1.54, 1.807) is 0 Å². The zero-order valence-corrected chi connectivity index (χ0v) is 10.5. The second kappa shape index (κ2) is 5.42. The summed E-state index contributed by atoms with van der Waals surface area (Å²) in [6, 6.07) is 0. The largest absolute Gasteiger partial charge is 0.498 e. The van der Waals surface area contributed by atoms with E-state index in [4.69, 9.17) is 15.6 Å². The molecule has 0 amide bonds. The summed E-state index contributed by atoms with van der Waals surface area (Å²) in [4.78, 5) is 15.6. The van der Waals surface area contributed by atoms with Gasteiger partial charge in [0.15, 0.2) is 12.1 Å². The molecule has 3 N–H and O–H groups in total. The van der Waals surface area contributed by atoms with Crippen LogP contribution in [0.3, 0.4) is 0 Å². The third kappa shape index (κ3) is 3.64. The second-order valence-corrected chi connectivity index (χ2v) is 4.80. The third-order valence-electron chi connectivity index (χ3n) is 2.80. The highest BCUT2D eigenvalue weighted by atomic mass is 16.5. The number of nitrogens with two attached hydrogens (primary N) is 1. The number of hydrogen-bond acceptors (Lipinski definition) is 5. The van der Waals surface area contributed by atoms with Gasteiger partial charge in [0.05, 0.1) is 12.5 Å². The van der Waals surface area contributed by atoms with E-state index in [0.29, 0.717) is 18.8 Å². The van der Waals surface area contributed by atoms with Crippen molar-refractivity contribution < 1.29 is 14.6 Å². The van der Waals surface area contributed by atoms with Gasteiger partial charge in [-0.25, -0.2) is 0 Å². The summed E-state index contributed by atoms with van der Waals surface area (Å²) in [6.07, 6.45) is 2.35. The molecule has 0 aromatic heterocycles. The summed E-state index contributed by atoms with van der Waals surface area (Å²) in [7, 11) is 0. The van der Waals surface area contributed by atoms with E-state index >= 15 is 0 Å². The van der Waals surface area contributed by atoms with Crippen molar-refractivity contribution in [3.05, 3.63) is 11.8 Å². The highest BCUT2D eigenvalue weighted by molar-refractivity contribution is 6.03. The minimum Gasteiger partial charge on any atom is -0.498 e. The molecule has 96 valence electrons. The van der Waals surface area contributed by atoms with E-state index in [9.17, 15) is 4.79 Å². The Morgan fingerprint density at radius 3 is 2.88 bits per heavy atom. The summed E-state index contributed by atoms with van der Waals surface area (Å²) < 4.78 is 5.38. The van der Waals surface area contributed by atoms with Gasteiger partial charge in [0, 0.05) is 18.7 Å². The van der Waals surface area contributed by atoms with Crippen LogP contribution in [0.5, 0.6) is 0 Å². The Kier molecular flexibility index (Phi) is 4.42. The van der Waals surface area contributed by atoms with Gasteiger partial charge >= 0.3 is 0 Å². The average Bonchev–Trinajstić information content (AvgIpc) is 2.14. The first-order valence-corrected chi connectivity index (χ1v) is 5.71. The molecule has 0 heterocycles. The van der Waals surface area contributed by atoms with Gasteiger partial charge in [0.25, 0.3) is 0 Å². The molecule has 0 fully saturated rings. The number of aliphatic hydroxyl groups excluding tert-OH is 1. The van der Waals surface area contributed by atoms with Crippen LogP contribution in [0.15, 0.2) is 16.8 Å². The SMILES string of the molecule is CCOC1=CC(=O)C(C=NC(N)O)C(C)(C)C1. The van der Waals surface area contributed by atoms with Crippen molar-refractivity contribution in [1.29, 1.82) is 0 Å². The summed E-state index contributed by atoms with van der Waals surface area (Å²) in [5, 5.41) is 8.90. The molecular formula is C12H20N2O3. The van der Waals surface area contributed by atoms with Crippen molar-refractivity contribution in [3.63, 3.8) is 0 Å². The van der Waals surface area contributed by atoms with E-state index in [2.05, 4.69) is 4.99 Å². The van der Waals surface area contributed by atoms with E-state index < -0.39 is 6.35 Å². The van der Waals surface area contributed by atoms with Crippen LogP contribution in [0.4, 0.5) is 0 Å². The maximum Gasteiger partial charge on any atom is 0.198 e. The highest BCUT2D eigenvalue weighted by Gasteiger charge is 2.38. The van der Waals surface area contributed by atoms with Crippen LogP contribution in [0.25, 0.3) is 0 Å². The summed E-state index contributed by atoms with van der Waals surface area (Å²) in [5.41, 5.74) is 4.84. The molecule has 1 aliphatic rings. The monoisotopic (exact) mass is 240 g/mol. The topological polar surface area (TPSA) is 84.9 Å². The number of rotatable bonds is 4. The number of allylic oxidation sites excluding steroid dienone is 2. The van der Waals surface area contributed by atoms with Crippen LogP contribution in [-0.2, 0) is 9.53 Å². The molecule has 2 unspecified atom stereocenters. The molecule has 0 saturated heterocycles. The number of aliphatic hydroxyl groups is 1. The number of ether oxygens (including phenoxy) is 1. The second-order valence-electron chi connectivity index (χ2n) is 4.80. The smallest absolute Gasteiger partial charge is 0.198 e. The fraction of sp³-hybridized carbons (Fsp3) is 0.667. The Labute approximate surface area is 101 Å². The molecule has 17 heavy (non-hydrogen) atoms. The summed E-state index contributed by atoms with van der Waals surface area (Å²) in [6.45, 7) is 6.37. The molecule has 0 aromatic carbocycles. The molecule has 0 spiro atoms. The Hall–Kier alpha value is -1.20. The molecule has 0 aliphatic heterocycles. The van der Waals surface area contributed by atoms with Gasteiger partial charge < -0.3 is 9.84 Å². The lowest BCUT2D eigenvalue weighted by molar-refractivity contribution is -0.120. The maximum atomic E-state index is 11.9. The van der Waals surface area contributed by atoms with E-state index in [0.717, 1.165) is 0 Å². The van der Waals surface area contributed by atoms with Crippen LogP contribution in [-0.4, -0.2) is 30.1 Å². The van der Waals surface area contributed by atoms with Crippen LogP contribution >= 0.6 is 0 Å². The van der Waals surface area contributed by atoms with E-state index in [-0.39, 0.29) is 17.1 Å². The van der Waals surface area contributed by atoms with Gasteiger partial charge in [-0.3, -0.25) is 15.5 Å². The molecule has 5 nitrogen and oxygen atoms in total.